The summed E-state index contributed by atoms with van der Waals surface area (Å²) in [4.78, 5) is 14.3. The van der Waals surface area contributed by atoms with Crippen molar-refractivity contribution in [2.24, 2.45) is 17.8 Å². The fourth-order valence-corrected chi connectivity index (χ4v) is 5.50. The van der Waals surface area contributed by atoms with Gasteiger partial charge < -0.3 is 14.7 Å². The van der Waals surface area contributed by atoms with Gasteiger partial charge in [-0.05, 0) is 37.7 Å². The lowest BCUT2D eigenvalue weighted by Gasteiger charge is -2.32. The molecule has 4 heteroatoms. The van der Waals surface area contributed by atoms with E-state index in [0.29, 0.717) is 18.1 Å². The average molecular weight is 349 g/mol. The summed E-state index contributed by atoms with van der Waals surface area (Å²) in [7, 11) is 0. The summed E-state index contributed by atoms with van der Waals surface area (Å²) in [5.74, 6) is 2.28. The maximum absolute atomic E-state index is 12.6. The van der Waals surface area contributed by atoms with E-state index in [0.717, 1.165) is 18.8 Å². The monoisotopic (exact) mass is 348 g/mol. The molecule has 0 aromatic heterocycles. The molecule has 25 heavy (non-hydrogen) atoms. The number of piperidine rings is 1. The molecule has 3 atom stereocenters. The molecule has 3 unspecified atom stereocenters. The fourth-order valence-electron chi connectivity index (χ4n) is 5.50. The van der Waals surface area contributed by atoms with E-state index < -0.39 is 0 Å². The third-order valence-electron chi connectivity index (χ3n) is 7.05. The number of carbonyl (C=O) groups excluding carboxylic acids is 1. The van der Waals surface area contributed by atoms with Crippen LogP contribution >= 0.6 is 0 Å². The van der Waals surface area contributed by atoms with Crippen molar-refractivity contribution in [3.05, 3.63) is 11.8 Å². The highest BCUT2D eigenvalue weighted by Crippen LogP contribution is 2.37. The number of Topliss-reactive ketones (excluding diaryl/α,β-unsaturated/α-hetero) is 1. The van der Waals surface area contributed by atoms with Crippen molar-refractivity contribution in [3.63, 3.8) is 0 Å². The Bertz CT molecular complexity index is 503. The Morgan fingerprint density at radius 2 is 1.80 bits per heavy atom. The van der Waals surface area contributed by atoms with Crippen LogP contribution in [0.5, 0.6) is 0 Å². The van der Waals surface area contributed by atoms with Crippen molar-refractivity contribution in [2.75, 3.05) is 19.6 Å². The van der Waals surface area contributed by atoms with Crippen LogP contribution in [0.1, 0.15) is 64.2 Å². The van der Waals surface area contributed by atoms with Gasteiger partial charge in [0.2, 0.25) is 5.78 Å². The minimum atomic E-state index is -0.292. The molecular weight excluding hydrogens is 314 g/mol. The highest BCUT2D eigenvalue weighted by molar-refractivity contribution is 5.97. The van der Waals surface area contributed by atoms with Crippen LogP contribution in [0.2, 0.25) is 0 Å². The van der Waals surface area contributed by atoms with Crippen LogP contribution in [0.25, 0.3) is 0 Å². The van der Waals surface area contributed by atoms with E-state index in [1.807, 2.05) is 0 Å². The number of hydrogen-bond acceptors (Lipinski definition) is 3. The van der Waals surface area contributed by atoms with Crippen molar-refractivity contribution in [1.82, 2.24) is 0 Å². The minimum absolute atomic E-state index is 0.00617. The molecule has 2 aliphatic carbocycles. The van der Waals surface area contributed by atoms with E-state index in [-0.39, 0.29) is 23.9 Å². The second kappa shape index (κ2) is 7.79. The summed E-state index contributed by atoms with van der Waals surface area (Å²) in [6, 6.07) is 0. The van der Waals surface area contributed by atoms with E-state index in [1.165, 1.54) is 64.6 Å². The zero-order valence-corrected chi connectivity index (χ0v) is 15.4. The van der Waals surface area contributed by atoms with Crippen LogP contribution in [0, 0.1) is 17.8 Å². The Morgan fingerprint density at radius 3 is 2.56 bits per heavy atom. The summed E-state index contributed by atoms with van der Waals surface area (Å²) in [5.41, 5.74) is 0. The summed E-state index contributed by atoms with van der Waals surface area (Å²) >= 11 is 0. The molecule has 4 nitrogen and oxygen atoms in total. The molecule has 4 aliphatic rings. The lowest BCUT2D eigenvalue weighted by molar-refractivity contribution is -0.909. The van der Waals surface area contributed by atoms with Gasteiger partial charge in [0.1, 0.15) is 6.10 Å². The Labute approximate surface area is 151 Å². The standard InChI is InChI=1S/C21H33NO3/c23-17-6-7-18-19(13-17)25-20(21(18)24)12-15-8-10-22(11-9-15)14-16-4-2-1-3-5-16/h12,15-19,23H,1-11,13-14H2/p+1. The van der Waals surface area contributed by atoms with Crippen LogP contribution < -0.4 is 4.90 Å². The molecule has 2 saturated heterocycles. The van der Waals surface area contributed by atoms with Crippen LogP contribution in [-0.4, -0.2) is 42.7 Å². The van der Waals surface area contributed by atoms with Crippen molar-refractivity contribution < 1.29 is 19.5 Å². The van der Waals surface area contributed by atoms with E-state index in [1.54, 1.807) is 4.90 Å². The number of fused-ring (bicyclic) bond motifs is 1. The second-order valence-electron chi connectivity index (χ2n) is 8.92. The number of likely N-dealkylation sites (tertiary alicyclic amines) is 1. The molecular formula is C21H34NO3+. The van der Waals surface area contributed by atoms with Crippen molar-refractivity contribution in [2.45, 2.75) is 76.4 Å². The molecule has 0 aromatic rings. The summed E-state index contributed by atoms with van der Waals surface area (Å²) < 4.78 is 5.94. The molecule has 0 radical (unpaired) electrons. The lowest BCUT2D eigenvalue weighted by atomic mass is 9.83. The van der Waals surface area contributed by atoms with E-state index >= 15 is 0 Å². The summed E-state index contributed by atoms with van der Waals surface area (Å²) in [6.45, 7) is 3.84. The Morgan fingerprint density at radius 1 is 1.04 bits per heavy atom. The minimum Gasteiger partial charge on any atom is -0.486 e. The number of ketones is 1. The molecule has 140 valence electrons. The van der Waals surface area contributed by atoms with E-state index in [2.05, 4.69) is 6.08 Å². The third kappa shape index (κ3) is 4.11. The molecule has 0 bridgehead atoms. The van der Waals surface area contributed by atoms with Gasteiger partial charge in [-0.25, -0.2) is 0 Å². The van der Waals surface area contributed by atoms with Gasteiger partial charge in [0.05, 0.1) is 31.7 Å². The van der Waals surface area contributed by atoms with Gasteiger partial charge in [-0.1, -0.05) is 19.3 Å². The van der Waals surface area contributed by atoms with E-state index in [9.17, 15) is 9.90 Å². The van der Waals surface area contributed by atoms with Crippen LogP contribution in [0.15, 0.2) is 11.8 Å². The Balaban J connectivity index is 1.28. The van der Waals surface area contributed by atoms with Gasteiger partial charge >= 0.3 is 0 Å². The van der Waals surface area contributed by atoms with Crippen molar-refractivity contribution in [3.8, 4) is 0 Å². The number of ether oxygens (including phenoxy) is 1. The Kier molecular flexibility index (Phi) is 5.47. The number of carbonyl (C=O) groups is 1. The van der Waals surface area contributed by atoms with Crippen LogP contribution in [-0.2, 0) is 9.53 Å². The fraction of sp³-hybridized carbons (Fsp3) is 0.857. The van der Waals surface area contributed by atoms with Gasteiger partial charge in [-0.2, -0.15) is 0 Å². The van der Waals surface area contributed by atoms with Gasteiger partial charge in [0.25, 0.3) is 0 Å². The molecule has 0 spiro atoms. The Hall–Kier alpha value is -0.870. The molecule has 4 rings (SSSR count). The first kappa shape index (κ1) is 17.5. The maximum atomic E-state index is 12.6. The molecule has 2 heterocycles. The average Bonchev–Trinajstić information content (AvgIpc) is 2.92. The molecule has 4 fully saturated rings. The number of hydrogen-bond donors (Lipinski definition) is 2. The molecule has 0 amide bonds. The third-order valence-corrected chi connectivity index (χ3v) is 7.05. The smallest absolute Gasteiger partial charge is 0.203 e. The molecule has 2 aliphatic heterocycles. The van der Waals surface area contributed by atoms with Crippen molar-refractivity contribution >= 4 is 5.78 Å². The summed E-state index contributed by atoms with van der Waals surface area (Å²) in [5, 5.41) is 9.80. The number of aliphatic hydroxyl groups is 1. The normalized spacial score (nSPS) is 41.6. The molecule has 0 aromatic carbocycles. The number of quaternary nitrogens is 1. The SMILES string of the molecule is O=C1C(=CC2CC[NH+](CC3CCCCC3)CC2)OC2CC(O)CCC12. The number of aliphatic hydroxyl groups excluding tert-OH is 1. The topological polar surface area (TPSA) is 51.0 Å². The first-order valence-corrected chi connectivity index (χ1v) is 10.6. The molecule has 2 N–H and O–H groups in total. The van der Waals surface area contributed by atoms with Gasteiger partial charge in [-0.3, -0.25) is 4.79 Å². The first-order chi connectivity index (χ1) is 12.2. The van der Waals surface area contributed by atoms with Gasteiger partial charge in [0.15, 0.2) is 5.76 Å². The second-order valence-corrected chi connectivity index (χ2v) is 8.92. The first-order valence-electron chi connectivity index (χ1n) is 10.6. The van der Waals surface area contributed by atoms with Gasteiger partial charge in [0, 0.05) is 25.2 Å². The molecule has 2 saturated carbocycles. The quantitative estimate of drug-likeness (QED) is 0.766. The van der Waals surface area contributed by atoms with E-state index in [4.69, 9.17) is 4.74 Å². The van der Waals surface area contributed by atoms with Crippen LogP contribution in [0.3, 0.4) is 0 Å². The zero-order chi connectivity index (χ0) is 17.2. The lowest BCUT2D eigenvalue weighted by Crippen LogP contribution is -3.13. The highest BCUT2D eigenvalue weighted by atomic mass is 16.5. The number of allylic oxidation sites excluding steroid dienone is 2. The predicted molar refractivity (Wildman–Crippen MR) is 96.2 cm³/mol. The predicted octanol–water partition coefficient (Wildman–Crippen LogP) is 1.87. The van der Waals surface area contributed by atoms with Crippen molar-refractivity contribution in [1.29, 1.82) is 0 Å². The van der Waals surface area contributed by atoms with Crippen LogP contribution in [0.4, 0.5) is 0 Å². The summed E-state index contributed by atoms with van der Waals surface area (Å²) in [6.07, 6.45) is 13.5. The number of rotatable bonds is 3. The zero-order valence-electron chi connectivity index (χ0n) is 15.4. The maximum Gasteiger partial charge on any atom is 0.203 e. The largest absolute Gasteiger partial charge is 0.486 e. The highest BCUT2D eigenvalue weighted by Gasteiger charge is 2.44. The number of nitrogens with one attached hydrogen (secondary N) is 1. The van der Waals surface area contributed by atoms with Gasteiger partial charge in [-0.15, -0.1) is 0 Å².